The Kier molecular flexibility index (Phi) is 4.89. The molecule has 0 bridgehead atoms. The minimum absolute atomic E-state index is 0.0612. The number of hydrogen-bond donors (Lipinski definition) is 0. The molecule has 1 aliphatic heterocycles. The molecule has 1 saturated heterocycles. The molecule has 29 heavy (non-hydrogen) atoms. The third-order valence-corrected chi connectivity index (χ3v) is 5.08. The highest BCUT2D eigenvalue weighted by molar-refractivity contribution is 5.79. The number of aryl methyl sites for hydroxylation is 1. The van der Waals surface area contributed by atoms with Crippen LogP contribution in [0.1, 0.15) is 23.7 Å². The molecule has 3 heterocycles. The van der Waals surface area contributed by atoms with Crippen LogP contribution in [0.5, 0.6) is 5.75 Å². The van der Waals surface area contributed by atoms with Crippen molar-refractivity contribution in [3.05, 3.63) is 54.0 Å². The molecule has 1 fully saturated rings. The second kappa shape index (κ2) is 7.38. The Hall–Kier alpha value is -3.10. The molecular weight excluding hydrogens is 385 g/mol. The lowest BCUT2D eigenvalue weighted by Crippen LogP contribution is -2.30. The Morgan fingerprint density at radius 2 is 2.00 bits per heavy atom. The van der Waals surface area contributed by atoms with E-state index in [2.05, 4.69) is 14.7 Å². The number of carbonyl (C=O) groups excluding carboxylic acids is 1. The largest absolute Gasteiger partial charge is 0.573 e. The van der Waals surface area contributed by atoms with Gasteiger partial charge in [0.1, 0.15) is 17.1 Å². The van der Waals surface area contributed by atoms with E-state index < -0.39 is 6.36 Å². The van der Waals surface area contributed by atoms with E-state index in [0.717, 1.165) is 23.4 Å². The highest BCUT2D eigenvalue weighted by Gasteiger charge is 2.32. The second-order valence-electron chi connectivity index (χ2n) is 7.07. The monoisotopic (exact) mass is 404 g/mol. The number of halogens is 3. The molecule has 6 nitrogen and oxygen atoms in total. The van der Waals surface area contributed by atoms with Crippen molar-refractivity contribution in [2.75, 3.05) is 13.1 Å². The molecule has 0 aliphatic carbocycles. The zero-order chi connectivity index (χ0) is 20.6. The summed E-state index contributed by atoms with van der Waals surface area (Å²) in [5.74, 6) is 0.669. The van der Waals surface area contributed by atoms with E-state index in [1.54, 1.807) is 11.1 Å². The summed E-state index contributed by atoms with van der Waals surface area (Å²) in [6.07, 6.45) is -2.07. The molecule has 152 valence electrons. The fourth-order valence-electron chi connectivity index (χ4n) is 3.70. The summed E-state index contributed by atoms with van der Waals surface area (Å²) in [7, 11) is 1.92. The molecule has 0 radical (unpaired) electrons. The van der Waals surface area contributed by atoms with Crippen molar-refractivity contribution in [2.45, 2.75) is 25.1 Å². The first-order chi connectivity index (χ1) is 13.8. The molecule has 1 aromatic carbocycles. The zero-order valence-corrected chi connectivity index (χ0v) is 15.7. The predicted octanol–water partition coefficient (Wildman–Crippen LogP) is 3.43. The van der Waals surface area contributed by atoms with E-state index in [0.29, 0.717) is 18.7 Å². The molecule has 0 spiro atoms. The standard InChI is InChI=1S/C20H19F3N4O2/c1-26-18(25-16-3-2-9-24-19(16)26)14-8-10-27(12-14)17(28)11-13-4-6-15(7-5-13)29-20(21,22)23/h2-7,9,14H,8,10-12H2,1H3. The fourth-order valence-corrected chi connectivity index (χ4v) is 3.70. The number of carbonyl (C=O) groups is 1. The molecule has 2 aromatic heterocycles. The van der Waals surface area contributed by atoms with E-state index in [-0.39, 0.29) is 24.0 Å². The molecule has 0 N–H and O–H groups in total. The van der Waals surface area contributed by atoms with Crippen LogP contribution in [0, 0.1) is 0 Å². The molecular formula is C20H19F3N4O2. The van der Waals surface area contributed by atoms with Gasteiger partial charge in [0, 0.05) is 32.3 Å². The third-order valence-electron chi connectivity index (χ3n) is 5.08. The van der Waals surface area contributed by atoms with Crippen LogP contribution >= 0.6 is 0 Å². The van der Waals surface area contributed by atoms with Crippen molar-refractivity contribution >= 4 is 17.1 Å². The van der Waals surface area contributed by atoms with Crippen molar-refractivity contribution in [3.8, 4) is 5.75 Å². The number of pyridine rings is 1. The van der Waals surface area contributed by atoms with Gasteiger partial charge in [-0.3, -0.25) is 4.79 Å². The van der Waals surface area contributed by atoms with E-state index in [1.807, 2.05) is 23.7 Å². The maximum absolute atomic E-state index is 12.6. The highest BCUT2D eigenvalue weighted by atomic mass is 19.4. The number of nitrogens with zero attached hydrogens (tertiary/aromatic N) is 4. The second-order valence-corrected chi connectivity index (χ2v) is 7.07. The Bertz CT molecular complexity index is 1030. The number of aromatic nitrogens is 3. The molecule has 9 heteroatoms. The average molecular weight is 404 g/mol. The van der Waals surface area contributed by atoms with Crippen LogP contribution in [0.4, 0.5) is 13.2 Å². The number of rotatable bonds is 4. The topological polar surface area (TPSA) is 60.2 Å². The summed E-state index contributed by atoms with van der Waals surface area (Å²) >= 11 is 0. The van der Waals surface area contributed by atoms with Crippen molar-refractivity contribution < 1.29 is 22.7 Å². The summed E-state index contributed by atoms with van der Waals surface area (Å²) in [5.41, 5.74) is 2.28. The van der Waals surface area contributed by atoms with E-state index >= 15 is 0 Å². The van der Waals surface area contributed by atoms with Gasteiger partial charge in [-0.1, -0.05) is 12.1 Å². The van der Waals surface area contributed by atoms with Gasteiger partial charge >= 0.3 is 6.36 Å². The minimum atomic E-state index is -4.73. The van der Waals surface area contributed by atoms with E-state index in [4.69, 9.17) is 0 Å². The fraction of sp³-hybridized carbons (Fsp3) is 0.350. The number of alkyl halides is 3. The maximum Gasteiger partial charge on any atom is 0.573 e. The SMILES string of the molecule is Cn1c(C2CCN(C(=O)Cc3ccc(OC(F)(F)F)cc3)C2)nc2cccnc21. The Morgan fingerprint density at radius 1 is 1.24 bits per heavy atom. The molecule has 1 unspecified atom stereocenters. The highest BCUT2D eigenvalue weighted by Crippen LogP contribution is 2.29. The minimum Gasteiger partial charge on any atom is -0.406 e. The van der Waals surface area contributed by atoms with Crippen LogP contribution in [-0.2, 0) is 18.3 Å². The smallest absolute Gasteiger partial charge is 0.406 e. The Balaban J connectivity index is 1.40. The first-order valence-corrected chi connectivity index (χ1v) is 9.20. The van der Waals surface area contributed by atoms with Gasteiger partial charge in [0.2, 0.25) is 5.91 Å². The number of fused-ring (bicyclic) bond motifs is 1. The first-order valence-electron chi connectivity index (χ1n) is 9.20. The summed E-state index contributed by atoms with van der Waals surface area (Å²) in [5, 5.41) is 0. The Morgan fingerprint density at radius 3 is 2.69 bits per heavy atom. The summed E-state index contributed by atoms with van der Waals surface area (Å²) < 4.78 is 42.5. The molecule has 4 rings (SSSR count). The average Bonchev–Trinajstić information content (AvgIpc) is 3.28. The number of ether oxygens (including phenoxy) is 1. The molecule has 1 amide bonds. The lowest BCUT2D eigenvalue weighted by molar-refractivity contribution is -0.274. The van der Waals surface area contributed by atoms with Crippen molar-refractivity contribution in [3.63, 3.8) is 0 Å². The van der Waals surface area contributed by atoms with Gasteiger partial charge in [0.25, 0.3) is 0 Å². The van der Waals surface area contributed by atoms with Crippen LogP contribution in [0.25, 0.3) is 11.2 Å². The lowest BCUT2D eigenvalue weighted by atomic mass is 10.1. The van der Waals surface area contributed by atoms with Gasteiger partial charge in [0.15, 0.2) is 5.65 Å². The van der Waals surface area contributed by atoms with Gasteiger partial charge in [-0.15, -0.1) is 13.2 Å². The number of hydrogen-bond acceptors (Lipinski definition) is 4. The van der Waals surface area contributed by atoms with E-state index in [1.165, 1.54) is 24.3 Å². The van der Waals surface area contributed by atoms with Crippen LogP contribution in [0.3, 0.4) is 0 Å². The van der Waals surface area contributed by atoms with Gasteiger partial charge in [-0.25, -0.2) is 9.97 Å². The van der Waals surface area contributed by atoms with Crippen molar-refractivity contribution in [2.24, 2.45) is 7.05 Å². The molecule has 3 aromatic rings. The lowest BCUT2D eigenvalue weighted by Gasteiger charge is -2.17. The normalized spacial score (nSPS) is 17.1. The summed E-state index contributed by atoms with van der Waals surface area (Å²) in [4.78, 5) is 23.4. The van der Waals surface area contributed by atoms with Gasteiger partial charge in [0.05, 0.1) is 6.42 Å². The molecule has 1 atom stereocenters. The van der Waals surface area contributed by atoms with Gasteiger partial charge in [-0.2, -0.15) is 0 Å². The van der Waals surface area contributed by atoms with Crippen LogP contribution in [0.2, 0.25) is 0 Å². The van der Waals surface area contributed by atoms with E-state index in [9.17, 15) is 18.0 Å². The molecule has 1 aliphatic rings. The van der Waals surface area contributed by atoms with Crippen LogP contribution < -0.4 is 4.74 Å². The van der Waals surface area contributed by atoms with Crippen molar-refractivity contribution in [1.29, 1.82) is 0 Å². The molecule has 0 saturated carbocycles. The third kappa shape index (κ3) is 4.18. The number of benzene rings is 1. The number of imidazole rings is 1. The number of amides is 1. The van der Waals surface area contributed by atoms with Crippen molar-refractivity contribution in [1.82, 2.24) is 19.4 Å². The summed E-state index contributed by atoms with van der Waals surface area (Å²) in [6, 6.07) is 9.14. The zero-order valence-electron chi connectivity index (χ0n) is 15.7. The van der Waals surface area contributed by atoms with Crippen LogP contribution in [0.15, 0.2) is 42.6 Å². The van der Waals surface area contributed by atoms with Gasteiger partial charge in [-0.05, 0) is 36.2 Å². The summed E-state index contributed by atoms with van der Waals surface area (Å²) in [6.45, 7) is 1.18. The Labute approximate surface area is 164 Å². The van der Waals surface area contributed by atoms with Gasteiger partial charge < -0.3 is 14.2 Å². The van der Waals surface area contributed by atoms with Crippen LogP contribution in [-0.4, -0.2) is 44.8 Å². The quantitative estimate of drug-likeness (QED) is 0.669. The first kappa shape index (κ1) is 19.2. The maximum atomic E-state index is 12.6. The predicted molar refractivity (Wildman–Crippen MR) is 99.3 cm³/mol. The number of likely N-dealkylation sites (tertiary alicyclic amines) is 1.